The second kappa shape index (κ2) is 8.81. The van der Waals surface area contributed by atoms with Crippen molar-refractivity contribution in [3.05, 3.63) is 64.0 Å². The maximum Gasteiger partial charge on any atom is 0.360 e. The summed E-state index contributed by atoms with van der Waals surface area (Å²) in [5.74, 6) is 0.725. The predicted molar refractivity (Wildman–Crippen MR) is 126 cm³/mol. The van der Waals surface area contributed by atoms with Gasteiger partial charge in [-0.05, 0) is 69.6 Å². The van der Waals surface area contributed by atoms with Crippen LogP contribution in [0.25, 0.3) is 11.0 Å². The molecule has 1 aliphatic heterocycles. The molecule has 0 atom stereocenters. The Morgan fingerprint density at radius 1 is 1.13 bits per heavy atom. The van der Waals surface area contributed by atoms with Crippen LogP contribution in [0.3, 0.4) is 0 Å². The Balaban J connectivity index is 0.00000193. The van der Waals surface area contributed by atoms with Gasteiger partial charge in [0.25, 0.3) is 0 Å². The Morgan fingerprint density at radius 2 is 1.90 bits per heavy atom. The first-order valence-electron chi connectivity index (χ1n) is 10.5. The quantitative estimate of drug-likeness (QED) is 0.574. The fourth-order valence-electron chi connectivity index (χ4n) is 3.81. The van der Waals surface area contributed by atoms with Gasteiger partial charge in [-0.25, -0.2) is 9.59 Å². The highest BCUT2D eigenvalue weighted by molar-refractivity contribution is 6.00. The number of fused-ring (bicyclic) bond motifs is 1. The molecule has 0 radical (unpaired) electrons. The van der Waals surface area contributed by atoms with E-state index in [-0.39, 0.29) is 14.6 Å². The van der Waals surface area contributed by atoms with Gasteiger partial charge in [0.2, 0.25) is 0 Å². The van der Waals surface area contributed by atoms with Crippen LogP contribution in [0.2, 0.25) is 0 Å². The van der Waals surface area contributed by atoms with Crippen LogP contribution >= 0.6 is 0 Å². The summed E-state index contributed by atoms with van der Waals surface area (Å²) in [5, 5.41) is 6.02. The van der Waals surface area contributed by atoms with Gasteiger partial charge < -0.3 is 24.7 Å². The second-order valence-corrected chi connectivity index (χ2v) is 8.12. The van der Waals surface area contributed by atoms with Gasteiger partial charge in [-0.1, -0.05) is 12.1 Å². The molecule has 166 valence electrons. The smallest absolute Gasteiger partial charge is 0.360 e. The summed E-state index contributed by atoms with van der Waals surface area (Å²) in [4.78, 5) is 27.1. The van der Waals surface area contributed by atoms with Crippen molar-refractivity contribution in [2.75, 3.05) is 30.8 Å². The minimum atomic E-state index is -0.605. The number of anilines is 2. The highest BCUT2D eigenvalue weighted by Crippen LogP contribution is 2.29. The number of nitrogens with zero attached hydrogens (tertiary/aromatic N) is 1. The van der Waals surface area contributed by atoms with Crippen LogP contribution < -0.4 is 21.0 Å². The molecule has 3 aromatic rings. The number of urea groups is 1. The highest BCUT2D eigenvalue weighted by atomic mass is 16.5. The molecule has 0 spiro atoms. The van der Waals surface area contributed by atoms with Gasteiger partial charge in [0, 0.05) is 32.6 Å². The van der Waals surface area contributed by atoms with Crippen molar-refractivity contribution in [2.24, 2.45) is 0 Å². The second-order valence-electron chi connectivity index (χ2n) is 8.12. The molecule has 1 fully saturated rings. The zero-order chi connectivity index (χ0) is 22.0. The molecular weight excluding hydrogens is 394 g/mol. The van der Waals surface area contributed by atoms with Gasteiger partial charge in [-0.15, -0.1) is 0 Å². The van der Waals surface area contributed by atoms with Gasteiger partial charge in [0.1, 0.15) is 23.1 Å². The number of rotatable bonds is 4. The molecule has 2 amide bonds. The molecule has 4 rings (SSSR count). The molecule has 2 heterocycles. The summed E-state index contributed by atoms with van der Waals surface area (Å²) >= 11 is 0. The molecular formula is C24H31N3O4. The monoisotopic (exact) mass is 425 g/mol. The van der Waals surface area contributed by atoms with Crippen LogP contribution in [-0.2, 0) is 0 Å². The molecule has 0 saturated carbocycles. The fourth-order valence-corrected chi connectivity index (χ4v) is 3.81. The topological polar surface area (TPSA) is 83.8 Å². The summed E-state index contributed by atoms with van der Waals surface area (Å²) in [5.41, 5.74) is 2.41. The molecule has 0 aliphatic carbocycles. The van der Waals surface area contributed by atoms with E-state index in [9.17, 15) is 9.59 Å². The number of nitrogens with one attached hydrogen (secondary N) is 2. The molecule has 7 nitrogen and oxygen atoms in total. The summed E-state index contributed by atoms with van der Waals surface area (Å²) in [7, 11) is 2.11. The first-order valence-corrected chi connectivity index (χ1v) is 10.5. The van der Waals surface area contributed by atoms with Crippen molar-refractivity contribution >= 4 is 28.4 Å². The maximum absolute atomic E-state index is 12.5. The van der Waals surface area contributed by atoms with Crippen LogP contribution in [0.15, 0.2) is 51.7 Å². The van der Waals surface area contributed by atoms with E-state index in [0.29, 0.717) is 11.3 Å². The zero-order valence-electron chi connectivity index (χ0n) is 18.0. The molecule has 1 aromatic heterocycles. The number of piperidine rings is 1. The van der Waals surface area contributed by atoms with E-state index in [2.05, 4.69) is 22.6 Å². The number of ether oxygens (including phenoxy) is 1. The number of likely N-dealkylation sites (tertiary alicyclic amines) is 1. The lowest BCUT2D eigenvalue weighted by atomic mass is 10.1. The van der Waals surface area contributed by atoms with Crippen molar-refractivity contribution in [1.29, 1.82) is 0 Å². The molecule has 1 aliphatic rings. The molecule has 1 saturated heterocycles. The van der Waals surface area contributed by atoms with Gasteiger partial charge in [0.15, 0.2) is 0 Å². The summed E-state index contributed by atoms with van der Waals surface area (Å²) < 4.78 is 11.7. The number of benzene rings is 2. The number of carbonyl (C=O) groups is 1. The van der Waals surface area contributed by atoms with Gasteiger partial charge >= 0.3 is 11.7 Å². The van der Waals surface area contributed by atoms with Crippen molar-refractivity contribution in [3.63, 3.8) is 0 Å². The summed E-state index contributed by atoms with van der Waals surface area (Å²) in [6.45, 7) is 5.83. The minimum Gasteiger partial charge on any atom is -0.490 e. The minimum absolute atomic E-state index is 0. The third-order valence-corrected chi connectivity index (χ3v) is 5.58. The van der Waals surface area contributed by atoms with E-state index < -0.39 is 11.7 Å². The highest BCUT2D eigenvalue weighted by Gasteiger charge is 2.20. The molecule has 31 heavy (non-hydrogen) atoms. The summed E-state index contributed by atoms with van der Waals surface area (Å²) in [6.07, 6.45) is 2.10. The van der Waals surface area contributed by atoms with E-state index in [1.807, 2.05) is 44.2 Å². The van der Waals surface area contributed by atoms with E-state index in [1.54, 1.807) is 12.1 Å². The average Bonchev–Trinajstić information content (AvgIpc) is 2.73. The lowest BCUT2D eigenvalue weighted by Gasteiger charge is -2.29. The Kier molecular flexibility index (Phi) is 5.95. The van der Waals surface area contributed by atoms with Gasteiger partial charge in [-0.2, -0.15) is 0 Å². The number of hydrogen-bond acceptors (Lipinski definition) is 5. The van der Waals surface area contributed by atoms with Crippen LogP contribution in [0.4, 0.5) is 16.2 Å². The average molecular weight is 426 g/mol. The maximum atomic E-state index is 12.5. The van der Waals surface area contributed by atoms with E-state index in [0.717, 1.165) is 48.2 Å². The molecule has 2 N–H and O–H groups in total. The lowest BCUT2D eigenvalue weighted by molar-refractivity contribution is 0.113. The van der Waals surface area contributed by atoms with Crippen molar-refractivity contribution in [1.82, 2.24) is 4.90 Å². The Hall–Kier alpha value is -3.32. The van der Waals surface area contributed by atoms with Crippen molar-refractivity contribution < 1.29 is 16.8 Å². The first-order chi connectivity index (χ1) is 14.9. The predicted octanol–water partition coefficient (Wildman–Crippen LogP) is 5.02. The Bertz CT molecular complexity index is 1170. The van der Waals surface area contributed by atoms with Crippen LogP contribution in [0.1, 0.15) is 26.8 Å². The lowest BCUT2D eigenvalue weighted by Crippen LogP contribution is -2.35. The Morgan fingerprint density at radius 3 is 2.65 bits per heavy atom. The third-order valence-electron chi connectivity index (χ3n) is 5.58. The van der Waals surface area contributed by atoms with Gasteiger partial charge in [-0.3, -0.25) is 0 Å². The van der Waals surface area contributed by atoms with E-state index in [1.165, 1.54) is 0 Å². The molecule has 2 aromatic carbocycles. The SMILES string of the molecule is Cc1cccc(NC(=O)Nc2cc3ccc(OC4CCN(C)CC4)c(C)c3oc2=O)c1.[HH].[HH]. The van der Waals surface area contributed by atoms with Gasteiger partial charge in [0.05, 0.1) is 0 Å². The zero-order valence-corrected chi connectivity index (χ0v) is 18.0. The molecule has 0 bridgehead atoms. The van der Waals surface area contributed by atoms with Crippen LogP contribution in [-0.4, -0.2) is 37.2 Å². The van der Waals surface area contributed by atoms with Crippen molar-refractivity contribution in [2.45, 2.75) is 32.8 Å². The number of hydrogen-bond donors (Lipinski definition) is 2. The Labute approximate surface area is 184 Å². The summed E-state index contributed by atoms with van der Waals surface area (Å²) in [6, 6.07) is 12.3. The fraction of sp³-hybridized carbons (Fsp3) is 0.333. The van der Waals surface area contributed by atoms with Crippen molar-refractivity contribution in [3.8, 4) is 5.75 Å². The standard InChI is InChI=1S/C24H27N3O4.2H2/c1-15-5-4-6-18(13-15)25-24(29)26-20-14-17-7-8-21(16(2)22(17)31-23(20)28)30-19-9-11-27(3)12-10-19;;/h4-8,13-14,19H,9-12H2,1-3H3,(H2,25,26,29);2*1H. The number of amides is 2. The number of carbonyl (C=O) groups excluding carboxylic acids is 1. The number of aryl methyl sites for hydroxylation is 2. The largest absolute Gasteiger partial charge is 0.490 e. The van der Waals surface area contributed by atoms with Crippen LogP contribution in [0, 0.1) is 13.8 Å². The molecule has 0 unspecified atom stereocenters. The van der Waals surface area contributed by atoms with Crippen LogP contribution in [0.5, 0.6) is 5.75 Å². The first kappa shape index (κ1) is 20.9. The third kappa shape index (κ3) is 4.88. The van der Waals surface area contributed by atoms with E-state index in [4.69, 9.17) is 9.15 Å². The molecule has 7 heteroatoms. The normalized spacial score (nSPS) is 15.1. The van der Waals surface area contributed by atoms with E-state index >= 15 is 0 Å².